The number of hydrogen-bond donors (Lipinski definition) is 3. The zero-order chi connectivity index (χ0) is 15.6. The Morgan fingerprint density at radius 1 is 1.13 bits per heavy atom. The highest BCUT2D eigenvalue weighted by Gasteiger charge is 2.07. The minimum Gasteiger partial charge on any atom is -0.392 e. The zero-order valence-electron chi connectivity index (χ0n) is 12.1. The Hall–Kier alpha value is -3.19. The predicted molar refractivity (Wildman–Crippen MR) is 86.2 cm³/mol. The molecule has 3 N–H and O–H groups in total. The number of aromatic nitrogens is 5. The van der Waals surface area contributed by atoms with Gasteiger partial charge in [-0.05, 0) is 29.8 Å². The number of rotatable bonds is 4. The number of nitrogens with zero attached hydrogens (tertiary/aromatic N) is 4. The van der Waals surface area contributed by atoms with E-state index in [1.807, 2.05) is 35.0 Å². The normalized spacial score (nSPS) is 11.0. The average Bonchev–Trinajstić information content (AvgIpc) is 3.24. The number of fused-ring (bicyclic) bond motifs is 1. The van der Waals surface area contributed by atoms with E-state index in [1.54, 1.807) is 24.7 Å². The number of hydrogen-bond acceptors (Lipinski definition) is 5. The standard InChI is InChI=1S/C16H14N6O/c23-10-11-3-4-17-14(5-11)15-9-22-8-12(1-2-16(22)21-15)20-13-6-18-19-7-13/h1-9,20,23H,10H2,(H,18,19). The number of pyridine rings is 2. The van der Waals surface area contributed by atoms with Crippen LogP contribution in [-0.4, -0.2) is 29.7 Å². The van der Waals surface area contributed by atoms with E-state index >= 15 is 0 Å². The van der Waals surface area contributed by atoms with Gasteiger partial charge in [0.05, 0.1) is 29.9 Å². The molecule has 0 unspecified atom stereocenters. The molecule has 7 nitrogen and oxygen atoms in total. The second-order valence-electron chi connectivity index (χ2n) is 5.13. The molecule has 4 aromatic rings. The lowest BCUT2D eigenvalue weighted by atomic mass is 10.2. The van der Waals surface area contributed by atoms with Crippen molar-refractivity contribution in [3.63, 3.8) is 0 Å². The summed E-state index contributed by atoms with van der Waals surface area (Å²) in [5, 5.41) is 19.2. The number of anilines is 2. The van der Waals surface area contributed by atoms with Crippen LogP contribution in [0.25, 0.3) is 17.0 Å². The Kier molecular flexibility index (Phi) is 3.25. The maximum Gasteiger partial charge on any atom is 0.137 e. The van der Waals surface area contributed by atoms with Crippen LogP contribution in [0.15, 0.2) is 55.2 Å². The van der Waals surface area contributed by atoms with Crippen molar-refractivity contribution in [3.8, 4) is 11.4 Å². The van der Waals surface area contributed by atoms with E-state index in [0.717, 1.165) is 34.0 Å². The molecule has 0 saturated heterocycles. The largest absolute Gasteiger partial charge is 0.392 e. The molecule has 4 aromatic heterocycles. The van der Waals surface area contributed by atoms with Crippen LogP contribution < -0.4 is 5.32 Å². The molecule has 0 amide bonds. The van der Waals surface area contributed by atoms with Gasteiger partial charge in [-0.3, -0.25) is 10.1 Å². The van der Waals surface area contributed by atoms with Crippen molar-refractivity contribution in [2.75, 3.05) is 5.32 Å². The summed E-state index contributed by atoms with van der Waals surface area (Å²) in [4.78, 5) is 8.89. The maximum atomic E-state index is 9.24. The van der Waals surface area contributed by atoms with E-state index in [2.05, 4.69) is 25.5 Å². The lowest BCUT2D eigenvalue weighted by Gasteiger charge is -2.03. The average molecular weight is 306 g/mol. The molecule has 23 heavy (non-hydrogen) atoms. The lowest BCUT2D eigenvalue weighted by Crippen LogP contribution is -1.91. The van der Waals surface area contributed by atoms with Gasteiger partial charge < -0.3 is 14.8 Å². The topological polar surface area (TPSA) is 91.1 Å². The summed E-state index contributed by atoms with van der Waals surface area (Å²) in [6, 6.07) is 7.51. The Bertz CT molecular complexity index is 944. The van der Waals surface area contributed by atoms with Gasteiger partial charge in [-0.25, -0.2) is 4.98 Å². The van der Waals surface area contributed by atoms with Crippen molar-refractivity contribution in [2.24, 2.45) is 0 Å². The van der Waals surface area contributed by atoms with Crippen LogP contribution in [0.2, 0.25) is 0 Å². The SMILES string of the molecule is OCc1ccnc(-c2cn3cc(Nc4cn[nH]c4)ccc3n2)c1. The highest BCUT2D eigenvalue weighted by molar-refractivity contribution is 5.63. The highest BCUT2D eigenvalue weighted by Crippen LogP contribution is 2.21. The van der Waals surface area contributed by atoms with Crippen LogP contribution >= 0.6 is 0 Å². The van der Waals surface area contributed by atoms with Gasteiger partial charge in [0, 0.05) is 24.8 Å². The molecule has 0 radical (unpaired) electrons. The molecule has 0 saturated carbocycles. The first-order chi connectivity index (χ1) is 11.3. The second kappa shape index (κ2) is 5.54. The molecule has 0 bridgehead atoms. The highest BCUT2D eigenvalue weighted by atomic mass is 16.3. The van der Waals surface area contributed by atoms with Gasteiger partial charge in [0.15, 0.2) is 0 Å². The minimum atomic E-state index is -0.0122. The third kappa shape index (κ3) is 2.65. The summed E-state index contributed by atoms with van der Waals surface area (Å²) < 4.78 is 1.94. The van der Waals surface area contributed by atoms with E-state index in [1.165, 1.54) is 0 Å². The molecule has 0 aliphatic rings. The number of nitrogens with one attached hydrogen (secondary N) is 2. The van der Waals surface area contributed by atoms with Crippen LogP contribution in [0.3, 0.4) is 0 Å². The van der Waals surface area contributed by atoms with Gasteiger partial charge in [-0.1, -0.05) is 0 Å². The number of imidazole rings is 1. The van der Waals surface area contributed by atoms with E-state index in [0.29, 0.717) is 0 Å². The molecule has 0 spiro atoms. The number of aromatic amines is 1. The fourth-order valence-corrected chi connectivity index (χ4v) is 2.39. The van der Waals surface area contributed by atoms with Gasteiger partial charge in [-0.2, -0.15) is 5.10 Å². The van der Waals surface area contributed by atoms with Crippen LogP contribution in [0, 0.1) is 0 Å². The number of aliphatic hydroxyl groups is 1. The molecule has 7 heteroatoms. The lowest BCUT2D eigenvalue weighted by molar-refractivity contribution is 0.282. The van der Waals surface area contributed by atoms with Gasteiger partial charge in [0.25, 0.3) is 0 Å². The molecule has 4 heterocycles. The Morgan fingerprint density at radius 2 is 2.09 bits per heavy atom. The summed E-state index contributed by atoms with van der Waals surface area (Å²) in [5.41, 5.74) is 4.97. The molecule has 0 atom stereocenters. The van der Waals surface area contributed by atoms with E-state index < -0.39 is 0 Å². The van der Waals surface area contributed by atoms with Gasteiger partial charge in [-0.15, -0.1) is 0 Å². The second-order valence-corrected chi connectivity index (χ2v) is 5.13. The molecule has 0 aliphatic carbocycles. The third-order valence-electron chi connectivity index (χ3n) is 3.51. The smallest absolute Gasteiger partial charge is 0.137 e. The van der Waals surface area contributed by atoms with E-state index in [4.69, 9.17) is 0 Å². The first kappa shape index (κ1) is 13.5. The summed E-state index contributed by atoms with van der Waals surface area (Å²) in [5.74, 6) is 0. The van der Waals surface area contributed by atoms with Crippen molar-refractivity contribution in [3.05, 3.63) is 60.8 Å². The van der Waals surface area contributed by atoms with Crippen LogP contribution in [-0.2, 0) is 6.61 Å². The minimum absolute atomic E-state index is 0.0122. The van der Waals surface area contributed by atoms with Crippen LogP contribution in [0.1, 0.15) is 5.56 Å². The van der Waals surface area contributed by atoms with Crippen LogP contribution in [0.5, 0.6) is 0 Å². The Morgan fingerprint density at radius 3 is 2.91 bits per heavy atom. The van der Waals surface area contributed by atoms with Crippen molar-refractivity contribution in [1.82, 2.24) is 24.6 Å². The molecule has 0 aromatic carbocycles. The summed E-state index contributed by atoms with van der Waals surface area (Å²) in [7, 11) is 0. The van der Waals surface area contributed by atoms with Crippen molar-refractivity contribution in [1.29, 1.82) is 0 Å². The quantitative estimate of drug-likeness (QED) is 0.538. The van der Waals surface area contributed by atoms with E-state index in [9.17, 15) is 5.11 Å². The van der Waals surface area contributed by atoms with Crippen molar-refractivity contribution in [2.45, 2.75) is 6.61 Å². The monoisotopic (exact) mass is 306 g/mol. The fourth-order valence-electron chi connectivity index (χ4n) is 2.39. The number of H-pyrrole nitrogens is 1. The third-order valence-corrected chi connectivity index (χ3v) is 3.51. The van der Waals surface area contributed by atoms with Gasteiger partial charge in [0.1, 0.15) is 11.3 Å². The molecule has 4 rings (SSSR count). The van der Waals surface area contributed by atoms with Crippen molar-refractivity contribution >= 4 is 17.0 Å². The van der Waals surface area contributed by atoms with Crippen molar-refractivity contribution < 1.29 is 5.11 Å². The Balaban J connectivity index is 1.70. The molecule has 0 aliphatic heterocycles. The van der Waals surface area contributed by atoms with E-state index in [-0.39, 0.29) is 6.61 Å². The Labute approximate surface area is 131 Å². The maximum absolute atomic E-state index is 9.24. The summed E-state index contributed by atoms with van der Waals surface area (Å²) >= 11 is 0. The molecule has 114 valence electrons. The van der Waals surface area contributed by atoms with Gasteiger partial charge in [0.2, 0.25) is 0 Å². The summed E-state index contributed by atoms with van der Waals surface area (Å²) in [6.07, 6.45) is 9.05. The number of aliphatic hydroxyl groups excluding tert-OH is 1. The predicted octanol–water partition coefficient (Wildman–Crippen LogP) is 2.36. The van der Waals surface area contributed by atoms with Crippen LogP contribution in [0.4, 0.5) is 11.4 Å². The molecule has 0 fully saturated rings. The zero-order valence-corrected chi connectivity index (χ0v) is 12.1. The summed E-state index contributed by atoms with van der Waals surface area (Å²) in [6.45, 7) is -0.0122. The molecular weight excluding hydrogens is 292 g/mol. The first-order valence-electron chi connectivity index (χ1n) is 7.12. The fraction of sp³-hybridized carbons (Fsp3) is 0.0625. The molecular formula is C16H14N6O. The van der Waals surface area contributed by atoms with Gasteiger partial charge >= 0.3 is 0 Å². The first-order valence-corrected chi connectivity index (χ1v) is 7.12.